The predicted octanol–water partition coefficient (Wildman–Crippen LogP) is 7.18. The molecule has 132 valence electrons. The van der Waals surface area contributed by atoms with Crippen molar-refractivity contribution in [3.05, 3.63) is 12.2 Å². The SMILES string of the molecule is CCCCCCCCC/C=C/CCCCCCC[C@H](O)CC. The van der Waals surface area contributed by atoms with Gasteiger partial charge in [0.2, 0.25) is 0 Å². The van der Waals surface area contributed by atoms with Crippen LogP contribution in [0.15, 0.2) is 12.2 Å². The van der Waals surface area contributed by atoms with E-state index in [0.29, 0.717) is 0 Å². The van der Waals surface area contributed by atoms with E-state index in [2.05, 4.69) is 26.0 Å². The van der Waals surface area contributed by atoms with Crippen LogP contribution in [0, 0.1) is 0 Å². The van der Waals surface area contributed by atoms with Crippen molar-refractivity contribution in [2.45, 2.75) is 123 Å². The molecule has 0 unspecified atom stereocenters. The van der Waals surface area contributed by atoms with Gasteiger partial charge in [0.25, 0.3) is 0 Å². The summed E-state index contributed by atoms with van der Waals surface area (Å²) in [6.45, 7) is 4.34. The van der Waals surface area contributed by atoms with Gasteiger partial charge in [-0.05, 0) is 38.5 Å². The fourth-order valence-electron chi connectivity index (χ4n) is 2.83. The molecule has 0 saturated heterocycles. The molecule has 0 aliphatic heterocycles. The van der Waals surface area contributed by atoms with Crippen LogP contribution in [0.2, 0.25) is 0 Å². The van der Waals surface area contributed by atoms with Gasteiger partial charge >= 0.3 is 0 Å². The van der Waals surface area contributed by atoms with Crippen molar-refractivity contribution < 1.29 is 5.11 Å². The molecule has 0 aliphatic rings. The van der Waals surface area contributed by atoms with Gasteiger partial charge in [-0.25, -0.2) is 0 Å². The fraction of sp³-hybridized carbons (Fsp3) is 0.905. The van der Waals surface area contributed by atoms with Gasteiger partial charge < -0.3 is 5.11 Å². The highest BCUT2D eigenvalue weighted by Crippen LogP contribution is 2.11. The fourth-order valence-corrected chi connectivity index (χ4v) is 2.83. The number of aliphatic hydroxyl groups is 1. The van der Waals surface area contributed by atoms with Crippen LogP contribution >= 0.6 is 0 Å². The number of unbranched alkanes of at least 4 members (excludes halogenated alkanes) is 12. The van der Waals surface area contributed by atoms with Gasteiger partial charge in [-0.15, -0.1) is 0 Å². The highest BCUT2D eigenvalue weighted by molar-refractivity contribution is 4.81. The minimum Gasteiger partial charge on any atom is -0.393 e. The summed E-state index contributed by atoms with van der Waals surface area (Å²) in [5.74, 6) is 0. The lowest BCUT2D eigenvalue weighted by atomic mass is 10.1. The molecule has 1 atom stereocenters. The molecule has 1 heteroatoms. The quantitative estimate of drug-likeness (QED) is 0.223. The Bertz CT molecular complexity index is 222. The van der Waals surface area contributed by atoms with Crippen molar-refractivity contribution in [3.63, 3.8) is 0 Å². The number of allylic oxidation sites excluding steroid dienone is 2. The normalized spacial score (nSPS) is 13.0. The molecule has 0 fully saturated rings. The number of rotatable bonds is 17. The molecule has 0 aliphatic carbocycles. The Morgan fingerprint density at radius 3 is 1.59 bits per heavy atom. The summed E-state index contributed by atoms with van der Waals surface area (Å²) >= 11 is 0. The Hall–Kier alpha value is -0.300. The first-order valence-corrected chi connectivity index (χ1v) is 10.1. The molecule has 1 nitrogen and oxygen atoms in total. The molecule has 0 aromatic heterocycles. The first-order chi connectivity index (χ1) is 10.8. The third kappa shape index (κ3) is 17.8. The second-order valence-corrected chi connectivity index (χ2v) is 6.79. The maximum absolute atomic E-state index is 9.46. The first-order valence-electron chi connectivity index (χ1n) is 10.1. The zero-order chi connectivity index (χ0) is 16.3. The van der Waals surface area contributed by atoms with Crippen LogP contribution in [0.3, 0.4) is 0 Å². The summed E-state index contributed by atoms with van der Waals surface area (Å²) < 4.78 is 0. The summed E-state index contributed by atoms with van der Waals surface area (Å²) in [6.07, 6.45) is 25.5. The van der Waals surface area contributed by atoms with E-state index in [9.17, 15) is 5.11 Å². The standard InChI is InChI=1S/C21H42O/c1-3-5-6-7-8-9-10-11-12-13-14-15-16-17-18-19-20-21(22)4-2/h12-13,21-22H,3-11,14-20H2,1-2H3/b13-12+/t21-/m1/s1. The van der Waals surface area contributed by atoms with Crippen LogP contribution in [0.1, 0.15) is 117 Å². The van der Waals surface area contributed by atoms with E-state index in [-0.39, 0.29) is 6.10 Å². The molecule has 0 aromatic rings. The van der Waals surface area contributed by atoms with E-state index in [1.54, 1.807) is 0 Å². The Kier molecular flexibility index (Phi) is 18.5. The van der Waals surface area contributed by atoms with Crippen molar-refractivity contribution in [2.24, 2.45) is 0 Å². The molecule has 0 spiro atoms. The molecule has 0 radical (unpaired) electrons. The van der Waals surface area contributed by atoms with Crippen molar-refractivity contribution in [1.82, 2.24) is 0 Å². The van der Waals surface area contributed by atoms with Gasteiger partial charge in [-0.2, -0.15) is 0 Å². The molecule has 1 N–H and O–H groups in total. The van der Waals surface area contributed by atoms with E-state index in [0.717, 1.165) is 12.8 Å². The molecular formula is C21H42O. The van der Waals surface area contributed by atoms with Crippen LogP contribution in [-0.2, 0) is 0 Å². The van der Waals surface area contributed by atoms with Crippen LogP contribution in [-0.4, -0.2) is 11.2 Å². The summed E-state index contributed by atoms with van der Waals surface area (Å²) in [6, 6.07) is 0. The van der Waals surface area contributed by atoms with Gasteiger partial charge in [0.1, 0.15) is 0 Å². The molecular weight excluding hydrogens is 268 g/mol. The van der Waals surface area contributed by atoms with Crippen molar-refractivity contribution in [1.29, 1.82) is 0 Å². The van der Waals surface area contributed by atoms with Gasteiger partial charge in [-0.1, -0.05) is 90.2 Å². The van der Waals surface area contributed by atoms with Crippen LogP contribution in [0.5, 0.6) is 0 Å². The van der Waals surface area contributed by atoms with Crippen molar-refractivity contribution in [2.75, 3.05) is 0 Å². The lowest BCUT2D eigenvalue weighted by Crippen LogP contribution is -2.03. The Morgan fingerprint density at radius 2 is 1.09 bits per heavy atom. The largest absolute Gasteiger partial charge is 0.393 e. The van der Waals surface area contributed by atoms with Crippen LogP contribution < -0.4 is 0 Å². The van der Waals surface area contributed by atoms with E-state index < -0.39 is 0 Å². The average Bonchev–Trinajstić information content (AvgIpc) is 2.54. The molecule has 0 saturated carbocycles. The average molecular weight is 311 g/mol. The molecule has 0 aromatic carbocycles. The summed E-state index contributed by atoms with van der Waals surface area (Å²) in [4.78, 5) is 0. The summed E-state index contributed by atoms with van der Waals surface area (Å²) in [7, 11) is 0. The highest BCUT2D eigenvalue weighted by Gasteiger charge is 1.99. The van der Waals surface area contributed by atoms with Crippen LogP contribution in [0.4, 0.5) is 0 Å². The molecule has 0 rings (SSSR count). The Balaban J connectivity index is 3.08. The maximum Gasteiger partial charge on any atom is 0.0537 e. The van der Waals surface area contributed by atoms with Gasteiger partial charge in [0.15, 0.2) is 0 Å². The van der Waals surface area contributed by atoms with Gasteiger partial charge in [-0.3, -0.25) is 0 Å². The number of hydrogen-bond acceptors (Lipinski definition) is 1. The smallest absolute Gasteiger partial charge is 0.0537 e. The van der Waals surface area contributed by atoms with E-state index >= 15 is 0 Å². The lowest BCUT2D eigenvalue weighted by Gasteiger charge is -2.06. The lowest BCUT2D eigenvalue weighted by molar-refractivity contribution is 0.156. The first kappa shape index (κ1) is 21.7. The topological polar surface area (TPSA) is 20.2 Å². The second kappa shape index (κ2) is 18.7. The minimum absolute atomic E-state index is 0.0606. The monoisotopic (exact) mass is 310 g/mol. The van der Waals surface area contributed by atoms with E-state index in [4.69, 9.17) is 0 Å². The van der Waals surface area contributed by atoms with Crippen molar-refractivity contribution in [3.8, 4) is 0 Å². The Labute approximate surface area is 140 Å². The number of aliphatic hydroxyl groups excluding tert-OH is 1. The van der Waals surface area contributed by atoms with Gasteiger partial charge in [0.05, 0.1) is 6.10 Å². The molecule has 0 heterocycles. The predicted molar refractivity (Wildman–Crippen MR) is 100 cm³/mol. The highest BCUT2D eigenvalue weighted by atomic mass is 16.3. The zero-order valence-electron chi connectivity index (χ0n) is 15.5. The number of hydrogen-bond donors (Lipinski definition) is 1. The molecule has 0 bridgehead atoms. The third-order valence-electron chi connectivity index (χ3n) is 4.52. The zero-order valence-corrected chi connectivity index (χ0v) is 15.5. The van der Waals surface area contributed by atoms with E-state index in [1.807, 2.05) is 0 Å². The summed E-state index contributed by atoms with van der Waals surface area (Å²) in [5.41, 5.74) is 0. The Morgan fingerprint density at radius 1 is 0.636 bits per heavy atom. The second-order valence-electron chi connectivity index (χ2n) is 6.79. The maximum atomic E-state index is 9.46. The van der Waals surface area contributed by atoms with Gasteiger partial charge in [0, 0.05) is 0 Å². The molecule has 0 amide bonds. The minimum atomic E-state index is -0.0606. The van der Waals surface area contributed by atoms with Crippen LogP contribution in [0.25, 0.3) is 0 Å². The molecule has 22 heavy (non-hydrogen) atoms. The summed E-state index contributed by atoms with van der Waals surface area (Å²) in [5, 5.41) is 9.46. The van der Waals surface area contributed by atoms with Crippen molar-refractivity contribution >= 4 is 0 Å². The third-order valence-corrected chi connectivity index (χ3v) is 4.52. The van der Waals surface area contributed by atoms with E-state index in [1.165, 1.54) is 89.9 Å².